The molecule has 6 rings (SSSR count). The highest BCUT2D eigenvalue weighted by atomic mass is 32.2. The van der Waals surface area contributed by atoms with Gasteiger partial charge in [-0.3, -0.25) is 14.4 Å². The molecule has 0 bridgehead atoms. The summed E-state index contributed by atoms with van der Waals surface area (Å²) < 4.78 is 12.9. The molecule has 0 spiro atoms. The Balaban J connectivity index is 1.24. The fraction of sp³-hybridized carbons (Fsp3) is 0.206. The number of aliphatic hydroxyl groups is 1. The van der Waals surface area contributed by atoms with Crippen molar-refractivity contribution in [2.75, 3.05) is 16.0 Å². The largest absolute Gasteiger partial charge is 0.392 e. The van der Waals surface area contributed by atoms with Crippen molar-refractivity contribution < 1.29 is 29.0 Å². The third-order valence-electron chi connectivity index (χ3n) is 7.42. The van der Waals surface area contributed by atoms with E-state index in [1.54, 1.807) is 54.2 Å². The van der Waals surface area contributed by atoms with Crippen LogP contribution in [0.15, 0.2) is 102 Å². The predicted molar refractivity (Wildman–Crippen MR) is 164 cm³/mol. The van der Waals surface area contributed by atoms with E-state index in [2.05, 4.69) is 5.32 Å². The molecule has 43 heavy (non-hydrogen) atoms. The highest BCUT2D eigenvalue weighted by Crippen LogP contribution is 2.40. The van der Waals surface area contributed by atoms with Gasteiger partial charge < -0.3 is 19.9 Å². The van der Waals surface area contributed by atoms with Crippen molar-refractivity contribution >= 4 is 40.9 Å². The molecule has 3 unspecified atom stereocenters. The maximum atomic E-state index is 13.1. The predicted octanol–water partition coefficient (Wildman–Crippen LogP) is 6.28. The molecule has 4 aromatic rings. The van der Waals surface area contributed by atoms with Gasteiger partial charge >= 0.3 is 0 Å². The summed E-state index contributed by atoms with van der Waals surface area (Å²) in [4.78, 5) is 39.8. The van der Waals surface area contributed by atoms with Gasteiger partial charge in [-0.05, 0) is 59.7 Å². The standard InChI is InChI=1S/C34H30N2O6S/c1-21(38)35-25-13-15-28(16-14-25)43-20-27-18-31(23-11-9-22(19-37)10-12-23)42-34(41-27)24-5-4-6-26(17-24)36-32(39)29-7-2-3-8-30(29)33(36)40/h2-17,27,31,34,37H,18-20H2,1H3,(H,35,38). The lowest BCUT2D eigenvalue weighted by Gasteiger charge is -2.36. The summed E-state index contributed by atoms with van der Waals surface area (Å²) in [6.07, 6.45) is -0.574. The lowest BCUT2D eigenvalue weighted by Crippen LogP contribution is -2.32. The zero-order valence-corrected chi connectivity index (χ0v) is 24.3. The maximum Gasteiger partial charge on any atom is 0.266 e. The van der Waals surface area contributed by atoms with Gasteiger partial charge in [0, 0.05) is 35.2 Å². The van der Waals surface area contributed by atoms with Crippen molar-refractivity contribution in [3.8, 4) is 0 Å². The van der Waals surface area contributed by atoms with E-state index in [9.17, 15) is 19.5 Å². The number of rotatable bonds is 8. The summed E-state index contributed by atoms with van der Waals surface area (Å²) in [5.41, 5.74) is 4.44. The number of hydrogen-bond donors (Lipinski definition) is 2. The molecule has 2 heterocycles. The summed E-state index contributed by atoms with van der Waals surface area (Å²) >= 11 is 1.65. The van der Waals surface area contributed by atoms with E-state index in [-0.39, 0.29) is 36.5 Å². The smallest absolute Gasteiger partial charge is 0.266 e. The Bertz CT molecular complexity index is 1620. The number of anilines is 2. The van der Waals surface area contributed by atoms with Crippen LogP contribution in [0.3, 0.4) is 0 Å². The minimum atomic E-state index is -0.737. The number of carbonyl (C=O) groups excluding carboxylic acids is 3. The second-order valence-electron chi connectivity index (χ2n) is 10.5. The number of fused-ring (bicyclic) bond motifs is 1. The van der Waals surface area contributed by atoms with Crippen LogP contribution in [0.2, 0.25) is 0 Å². The van der Waals surface area contributed by atoms with E-state index in [0.717, 1.165) is 21.7 Å². The first kappa shape index (κ1) is 28.8. The first-order valence-corrected chi connectivity index (χ1v) is 15.0. The highest BCUT2D eigenvalue weighted by Gasteiger charge is 2.37. The lowest BCUT2D eigenvalue weighted by molar-refractivity contribution is -0.245. The fourth-order valence-electron chi connectivity index (χ4n) is 5.28. The van der Waals surface area contributed by atoms with Crippen LogP contribution in [0, 0.1) is 0 Å². The Morgan fingerprint density at radius 1 is 0.884 bits per heavy atom. The molecule has 4 aromatic carbocycles. The molecule has 1 saturated heterocycles. The molecular weight excluding hydrogens is 564 g/mol. The molecular formula is C34H30N2O6S. The van der Waals surface area contributed by atoms with E-state index in [1.807, 2.05) is 54.6 Å². The summed E-state index contributed by atoms with van der Waals surface area (Å²) in [6, 6.07) is 29.3. The van der Waals surface area contributed by atoms with Crippen molar-refractivity contribution in [3.63, 3.8) is 0 Å². The van der Waals surface area contributed by atoms with Gasteiger partial charge in [0.15, 0.2) is 6.29 Å². The van der Waals surface area contributed by atoms with E-state index in [4.69, 9.17) is 9.47 Å². The average molecular weight is 595 g/mol. The Hall–Kier alpha value is -4.28. The molecule has 0 saturated carbocycles. The van der Waals surface area contributed by atoms with Gasteiger partial charge in [-0.15, -0.1) is 11.8 Å². The molecule has 2 aliphatic rings. The number of benzene rings is 4. The summed E-state index contributed by atoms with van der Waals surface area (Å²) in [5.74, 6) is -0.178. The third-order valence-corrected chi connectivity index (χ3v) is 8.56. The second-order valence-corrected chi connectivity index (χ2v) is 11.5. The number of ether oxygens (including phenoxy) is 2. The van der Waals surface area contributed by atoms with E-state index in [0.29, 0.717) is 34.6 Å². The van der Waals surface area contributed by atoms with Gasteiger partial charge in [0.1, 0.15) is 0 Å². The molecule has 0 aliphatic carbocycles. The van der Waals surface area contributed by atoms with E-state index >= 15 is 0 Å². The Morgan fingerprint density at radius 2 is 1.58 bits per heavy atom. The number of carbonyl (C=O) groups is 3. The number of aliphatic hydroxyl groups excluding tert-OH is 1. The van der Waals surface area contributed by atoms with Crippen LogP contribution in [0.1, 0.15) is 63.1 Å². The lowest BCUT2D eigenvalue weighted by atomic mass is 10.0. The van der Waals surface area contributed by atoms with Crippen molar-refractivity contribution in [1.29, 1.82) is 0 Å². The topological polar surface area (TPSA) is 105 Å². The van der Waals surface area contributed by atoms with Crippen molar-refractivity contribution in [3.05, 3.63) is 125 Å². The van der Waals surface area contributed by atoms with Crippen molar-refractivity contribution in [2.45, 2.75) is 43.3 Å². The van der Waals surface area contributed by atoms with Crippen LogP contribution in [-0.2, 0) is 20.9 Å². The fourth-order valence-corrected chi connectivity index (χ4v) is 6.21. The molecule has 218 valence electrons. The van der Waals surface area contributed by atoms with Gasteiger partial charge in [-0.25, -0.2) is 4.90 Å². The molecule has 1 fully saturated rings. The molecule has 3 amide bonds. The van der Waals surface area contributed by atoms with Gasteiger partial charge in [0.25, 0.3) is 11.8 Å². The molecule has 9 heteroatoms. The van der Waals surface area contributed by atoms with Crippen LogP contribution >= 0.6 is 11.8 Å². The quantitative estimate of drug-likeness (QED) is 0.183. The van der Waals surface area contributed by atoms with Crippen LogP contribution in [-0.4, -0.2) is 34.7 Å². The van der Waals surface area contributed by atoms with Crippen LogP contribution in [0.5, 0.6) is 0 Å². The number of thioether (sulfide) groups is 1. The maximum absolute atomic E-state index is 13.1. The van der Waals surface area contributed by atoms with E-state index < -0.39 is 6.29 Å². The Kier molecular flexibility index (Phi) is 8.40. The summed E-state index contributed by atoms with van der Waals surface area (Å²) in [7, 11) is 0. The molecule has 0 radical (unpaired) electrons. The minimum Gasteiger partial charge on any atom is -0.392 e. The van der Waals surface area contributed by atoms with Crippen LogP contribution in [0.4, 0.5) is 11.4 Å². The Labute approximate surface area is 253 Å². The molecule has 2 N–H and O–H groups in total. The number of imide groups is 1. The minimum absolute atomic E-state index is 0.0396. The highest BCUT2D eigenvalue weighted by molar-refractivity contribution is 7.99. The van der Waals surface area contributed by atoms with Gasteiger partial charge in [-0.1, -0.05) is 48.5 Å². The number of amides is 3. The number of nitrogens with one attached hydrogen (secondary N) is 1. The molecule has 3 atom stereocenters. The van der Waals surface area contributed by atoms with Crippen LogP contribution in [0.25, 0.3) is 0 Å². The zero-order chi connectivity index (χ0) is 29.9. The summed E-state index contributed by atoms with van der Waals surface area (Å²) in [6.45, 7) is 1.44. The van der Waals surface area contributed by atoms with Gasteiger partial charge in [0.2, 0.25) is 5.91 Å². The van der Waals surface area contributed by atoms with Crippen LogP contribution < -0.4 is 10.2 Å². The second kappa shape index (κ2) is 12.5. The Morgan fingerprint density at radius 3 is 2.23 bits per heavy atom. The average Bonchev–Trinajstić information content (AvgIpc) is 3.29. The van der Waals surface area contributed by atoms with Gasteiger partial charge in [0.05, 0.1) is 35.6 Å². The summed E-state index contributed by atoms with van der Waals surface area (Å²) in [5, 5.41) is 12.3. The number of hydrogen-bond acceptors (Lipinski definition) is 7. The first-order chi connectivity index (χ1) is 20.9. The van der Waals surface area contributed by atoms with Crippen molar-refractivity contribution in [1.82, 2.24) is 0 Å². The first-order valence-electron chi connectivity index (χ1n) is 14.0. The molecule has 8 nitrogen and oxygen atoms in total. The SMILES string of the molecule is CC(=O)Nc1ccc(SCC2CC(c3ccc(CO)cc3)OC(c3cccc(N4C(=O)c5ccccc5C4=O)c3)O2)cc1. The normalized spacial score (nSPS) is 19.8. The number of nitrogens with zero attached hydrogens (tertiary/aromatic N) is 1. The van der Waals surface area contributed by atoms with E-state index in [1.165, 1.54) is 11.8 Å². The monoisotopic (exact) mass is 594 g/mol. The third kappa shape index (κ3) is 6.25. The van der Waals surface area contributed by atoms with Gasteiger partial charge in [-0.2, -0.15) is 0 Å². The zero-order valence-electron chi connectivity index (χ0n) is 23.4. The molecule has 0 aromatic heterocycles. The van der Waals surface area contributed by atoms with Crippen molar-refractivity contribution in [2.24, 2.45) is 0 Å². The molecule has 2 aliphatic heterocycles.